The number of methoxy groups -OCH3 is 1. The summed E-state index contributed by atoms with van der Waals surface area (Å²) in [6, 6.07) is 9.47. The predicted octanol–water partition coefficient (Wildman–Crippen LogP) is 0.883. The summed E-state index contributed by atoms with van der Waals surface area (Å²) in [5, 5.41) is 12.2. The highest BCUT2D eigenvalue weighted by Crippen LogP contribution is 2.11. The summed E-state index contributed by atoms with van der Waals surface area (Å²) in [6.45, 7) is 3.89. The zero-order valence-electron chi connectivity index (χ0n) is 14.5. The topological polar surface area (TPSA) is 85.7 Å². The monoisotopic (exact) mass is 342 g/mol. The van der Waals surface area contributed by atoms with Gasteiger partial charge in [0.25, 0.3) is 5.91 Å². The quantitative estimate of drug-likeness (QED) is 0.634. The molecule has 0 bridgehead atoms. The average Bonchev–Trinajstić information content (AvgIpc) is 2.65. The van der Waals surface area contributed by atoms with Crippen LogP contribution in [-0.4, -0.2) is 54.9 Å². The first-order valence-corrected chi connectivity index (χ1v) is 8.06. The Morgan fingerprint density at radius 2 is 1.80 bits per heavy atom. The van der Waals surface area contributed by atoms with E-state index >= 15 is 0 Å². The molecule has 0 saturated carbocycles. The van der Waals surface area contributed by atoms with E-state index in [2.05, 4.69) is 5.32 Å². The largest absolute Gasteiger partial charge is 0.497 e. The lowest BCUT2D eigenvalue weighted by Crippen LogP contribution is -2.50. The summed E-state index contributed by atoms with van der Waals surface area (Å²) in [7, 11) is 1.61. The van der Waals surface area contributed by atoms with E-state index in [9.17, 15) is 14.9 Å². The number of hydrogen-bond donors (Lipinski definition) is 1. The molecule has 7 heteroatoms. The molecule has 1 heterocycles. The third-order valence-corrected chi connectivity index (χ3v) is 4.07. The van der Waals surface area contributed by atoms with E-state index in [0.29, 0.717) is 32.7 Å². The van der Waals surface area contributed by atoms with E-state index in [-0.39, 0.29) is 17.4 Å². The van der Waals surface area contributed by atoms with Gasteiger partial charge in [-0.1, -0.05) is 12.1 Å². The fourth-order valence-electron chi connectivity index (χ4n) is 2.55. The molecule has 7 nitrogen and oxygen atoms in total. The molecule has 1 N–H and O–H groups in total. The molecule has 0 atom stereocenters. The second kappa shape index (κ2) is 8.73. The number of ether oxygens (including phenoxy) is 1. The molecule has 0 radical (unpaired) electrons. The molecule has 25 heavy (non-hydrogen) atoms. The van der Waals surface area contributed by atoms with E-state index in [1.807, 2.05) is 30.3 Å². The Bertz CT molecular complexity index is 683. The summed E-state index contributed by atoms with van der Waals surface area (Å²) >= 11 is 0. The van der Waals surface area contributed by atoms with Crippen molar-refractivity contribution in [2.75, 3.05) is 33.3 Å². The number of amides is 2. The van der Waals surface area contributed by atoms with Crippen molar-refractivity contribution in [3.63, 3.8) is 0 Å². The van der Waals surface area contributed by atoms with Crippen LogP contribution in [0.3, 0.4) is 0 Å². The van der Waals surface area contributed by atoms with E-state index in [1.165, 1.54) is 13.1 Å². The van der Waals surface area contributed by atoms with E-state index in [0.717, 1.165) is 11.3 Å². The normalized spacial score (nSPS) is 14.7. The van der Waals surface area contributed by atoms with Gasteiger partial charge in [0.15, 0.2) is 0 Å². The number of rotatable bonds is 5. The zero-order chi connectivity index (χ0) is 18.2. The summed E-state index contributed by atoms with van der Waals surface area (Å²) in [5.41, 5.74) is 1.07. The molecule has 132 valence electrons. The van der Waals surface area contributed by atoms with Gasteiger partial charge in [-0.3, -0.25) is 9.59 Å². The van der Waals surface area contributed by atoms with Gasteiger partial charge in [0.05, 0.1) is 7.11 Å². The van der Waals surface area contributed by atoms with Crippen LogP contribution in [0.5, 0.6) is 5.75 Å². The molecule has 1 aromatic carbocycles. The standard InChI is InChI=1S/C18H22N4O3/c1-14(23)21-7-9-22(10-8-21)18(24)16(11-19)13-20-12-15-3-5-17(25-2)6-4-15/h3-6,13,20H,7-10,12H2,1-2H3/b16-13-. The molecule has 0 unspecified atom stereocenters. The Hall–Kier alpha value is -3.01. The lowest BCUT2D eigenvalue weighted by molar-refractivity contribution is -0.136. The molecular formula is C18H22N4O3. The Kier molecular flexibility index (Phi) is 6.40. The molecular weight excluding hydrogens is 320 g/mol. The fourth-order valence-corrected chi connectivity index (χ4v) is 2.55. The SMILES string of the molecule is COc1ccc(CN/C=C(/C#N)C(=O)N2CCN(C(C)=O)CC2)cc1. The number of nitriles is 1. The van der Waals surface area contributed by atoms with Crippen LogP contribution < -0.4 is 10.1 Å². The fraction of sp³-hybridized carbons (Fsp3) is 0.389. The van der Waals surface area contributed by atoms with Crippen molar-refractivity contribution in [3.05, 3.63) is 41.6 Å². The van der Waals surface area contributed by atoms with E-state index in [1.54, 1.807) is 16.9 Å². The summed E-state index contributed by atoms with van der Waals surface area (Å²) in [6.07, 6.45) is 1.45. The van der Waals surface area contributed by atoms with Crippen molar-refractivity contribution in [1.82, 2.24) is 15.1 Å². The van der Waals surface area contributed by atoms with Crippen molar-refractivity contribution >= 4 is 11.8 Å². The van der Waals surface area contributed by atoms with Crippen LogP contribution in [0, 0.1) is 11.3 Å². The Balaban J connectivity index is 1.89. The number of nitrogens with zero attached hydrogens (tertiary/aromatic N) is 3. The van der Waals surface area contributed by atoms with Crippen LogP contribution in [0.2, 0.25) is 0 Å². The van der Waals surface area contributed by atoms with Gasteiger partial charge in [-0.2, -0.15) is 5.26 Å². The molecule has 1 aliphatic rings. The number of nitrogens with one attached hydrogen (secondary N) is 1. The van der Waals surface area contributed by atoms with Gasteiger partial charge < -0.3 is 19.9 Å². The minimum absolute atomic E-state index is 0.00399. The van der Waals surface area contributed by atoms with Crippen LogP contribution in [0.25, 0.3) is 0 Å². The van der Waals surface area contributed by atoms with Crippen molar-refractivity contribution in [2.24, 2.45) is 0 Å². The van der Waals surface area contributed by atoms with Crippen LogP contribution in [0.15, 0.2) is 36.0 Å². The van der Waals surface area contributed by atoms with Gasteiger partial charge >= 0.3 is 0 Å². The molecule has 2 rings (SSSR count). The lowest BCUT2D eigenvalue weighted by atomic mass is 10.2. The highest BCUT2D eigenvalue weighted by Gasteiger charge is 2.24. The van der Waals surface area contributed by atoms with Gasteiger partial charge in [-0.25, -0.2) is 0 Å². The van der Waals surface area contributed by atoms with Crippen molar-refractivity contribution < 1.29 is 14.3 Å². The van der Waals surface area contributed by atoms with Crippen molar-refractivity contribution in [2.45, 2.75) is 13.5 Å². The molecule has 0 aromatic heterocycles. The number of piperazine rings is 1. The minimum Gasteiger partial charge on any atom is -0.497 e. The van der Waals surface area contributed by atoms with Gasteiger partial charge in [-0.05, 0) is 17.7 Å². The van der Waals surface area contributed by atoms with E-state index < -0.39 is 0 Å². The molecule has 1 aromatic rings. The molecule has 1 saturated heterocycles. The van der Waals surface area contributed by atoms with Crippen LogP contribution >= 0.6 is 0 Å². The lowest BCUT2D eigenvalue weighted by Gasteiger charge is -2.34. The predicted molar refractivity (Wildman–Crippen MR) is 92.4 cm³/mol. The number of carbonyl (C=O) groups is 2. The zero-order valence-corrected chi connectivity index (χ0v) is 14.5. The van der Waals surface area contributed by atoms with E-state index in [4.69, 9.17) is 4.74 Å². The first kappa shape index (κ1) is 18.3. The molecule has 0 aliphatic carbocycles. The van der Waals surface area contributed by atoms with Crippen molar-refractivity contribution in [1.29, 1.82) is 5.26 Å². The number of hydrogen-bond acceptors (Lipinski definition) is 5. The Morgan fingerprint density at radius 3 is 2.32 bits per heavy atom. The van der Waals surface area contributed by atoms with Gasteiger partial charge in [0.1, 0.15) is 17.4 Å². The van der Waals surface area contributed by atoms with Gasteiger partial charge in [0, 0.05) is 45.8 Å². The smallest absolute Gasteiger partial charge is 0.266 e. The third-order valence-electron chi connectivity index (χ3n) is 4.07. The maximum Gasteiger partial charge on any atom is 0.266 e. The first-order chi connectivity index (χ1) is 12.0. The van der Waals surface area contributed by atoms with Crippen LogP contribution in [0.1, 0.15) is 12.5 Å². The Labute approximate surface area is 147 Å². The minimum atomic E-state index is -0.312. The van der Waals surface area contributed by atoms with Crippen LogP contribution in [-0.2, 0) is 16.1 Å². The summed E-state index contributed by atoms with van der Waals surface area (Å²) in [5.74, 6) is 0.467. The number of carbonyl (C=O) groups excluding carboxylic acids is 2. The highest BCUT2D eigenvalue weighted by molar-refractivity contribution is 5.97. The summed E-state index contributed by atoms with van der Waals surface area (Å²) < 4.78 is 5.10. The van der Waals surface area contributed by atoms with Gasteiger partial charge in [0.2, 0.25) is 5.91 Å². The maximum atomic E-state index is 12.4. The molecule has 1 aliphatic heterocycles. The second-order valence-corrected chi connectivity index (χ2v) is 5.70. The highest BCUT2D eigenvalue weighted by atomic mass is 16.5. The van der Waals surface area contributed by atoms with Crippen molar-refractivity contribution in [3.8, 4) is 11.8 Å². The molecule has 2 amide bonds. The number of benzene rings is 1. The maximum absolute atomic E-state index is 12.4. The Morgan fingerprint density at radius 1 is 1.20 bits per heavy atom. The molecule has 1 fully saturated rings. The average molecular weight is 342 g/mol. The van der Waals surface area contributed by atoms with Crippen LogP contribution in [0.4, 0.5) is 0 Å². The summed E-state index contributed by atoms with van der Waals surface area (Å²) in [4.78, 5) is 27.0. The third kappa shape index (κ3) is 4.98. The first-order valence-electron chi connectivity index (χ1n) is 8.06. The van der Waals surface area contributed by atoms with Gasteiger partial charge in [-0.15, -0.1) is 0 Å². The molecule has 0 spiro atoms. The second-order valence-electron chi connectivity index (χ2n) is 5.70.